The molecule has 0 amide bonds. The van der Waals surface area contributed by atoms with Crippen LogP contribution in [0.4, 0.5) is 5.95 Å². The number of fused-ring (bicyclic) bond motifs is 1. The highest BCUT2D eigenvalue weighted by molar-refractivity contribution is 9.10. The third-order valence-corrected chi connectivity index (χ3v) is 3.26. The van der Waals surface area contributed by atoms with Crippen LogP contribution >= 0.6 is 15.9 Å². The summed E-state index contributed by atoms with van der Waals surface area (Å²) in [5, 5.41) is 0. The second-order valence-electron chi connectivity index (χ2n) is 4.13. The van der Waals surface area contributed by atoms with Gasteiger partial charge in [0.05, 0.1) is 6.20 Å². The van der Waals surface area contributed by atoms with Gasteiger partial charge >= 0.3 is 0 Å². The Hall–Kier alpha value is -1.89. The van der Waals surface area contributed by atoms with E-state index < -0.39 is 0 Å². The molecule has 2 N–H and O–H groups in total. The molecule has 6 nitrogen and oxygen atoms in total. The molecule has 0 aliphatic carbocycles. The Morgan fingerprint density at radius 1 is 1.37 bits per heavy atom. The van der Waals surface area contributed by atoms with E-state index in [1.165, 1.54) is 0 Å². The molecular formula is C12H12BrN5O. The molecule has 0 spiro atoms. The van der Waals surface area contributed by atoms with Gasteiger partial charge in [-0.15, -0.1) is 0 Å². The standard InChI is InChI=1S/C12H12BrN5O/c1-2-8-5-15-10(19-8)6-18-11-9(17-12(18)14)3-7(13)4-16-11/h3-5H,2,6H2,1H3,(H2,14,17). The van der Waals surface area contributed by atoms with Crippen LogP contribution in [0.1, 0.15) is 18.6 Å². The number of anilines is 1. The maximum absolute atomic E-state index is 5.92. The van der Waals surface area contributed by atoms with Gasteiger partial charge in [-0.3, -0.25) is 4.57 Å². The van der Waals surface area contributed by atoms with Gasteiger partial charge in [0.25, 0.3) is 0 Å². The lowest BCUT2D eigenvalue weighted by Crippen LogP contribution is -2.05. The molecule has 3 heterocycles. The van der Waals surface area contributed by atoms with Crippen molar-refractivity contribution in [3.05, 3.63) is 34.6 Å². The summed E-state index contributed by atoms with van der Waals surface area (Å²) in [5.74, 6) is 1.86. The van der Waals surface area contributed by atoms with Gasteiger partial charge in [-0.25, -0.2) is 15.0 Å². The van der Waals surface area contributed by atoms with Crippen LogP contribution in [-0.2, 0) is 13.0 Å². The fourth-order valence-corrected chi connectivity index (χ4v) is 2.20. The number of nitrogens with two attached hydrogens (primary N) is 1. The van der Waals surface area contributed by atoms with Gasteiger partial charge in [0, 0.05) is 17.1 Å². The van der Waals surface area contributed by atoms with E-state index in [4.69, 9.17) is 10.2 Å². The van der Waals surface area contributed by atoms with Crippen LogP contribution in [0.5, 0.6) is 0 Å². The number of pyridine rings is 1. The van der Waals surface area contributed by atoms with Gasteiger partial charge in [0.1, 0.15) is 17.8 Å². The second kappa shape index (κ2) is 4.65. The monoisotopic (exact) mass is 321 g/mol. The molecule has 0 aliphatic heterocycles. The van der Waals surface area contributed by atoms with E-state index in [1.807, 2.05) is 13.0 Å². The zero-order chi connectivity index (χ0) is 13.4. The SMILES string of the molecule is CCc1cnc(Cn2c(N)nc3cc(Br)cnc32)o1. The Balaban J connectivity index is 2.02. The van der Waals surface area contributed by atoms with Crippen molar-refractivity contribution in [1.29, 1.82) is 0 Å². The lowest BCUT2D eigenvalue weighted by atomic mass is 10.4. The summed E-state index contributed by atoms with van der Waals surface area (Å²) >= 11 is 3.36. The van der Waals surface area contributed by atoms with Crippen LogP contribution in [-0.4, -0.2) is 19.5 Å². The van der Waals surface area contributed by atoms with Crippen LogP contribution in [0, 0.1) is 0 Å². The highest BCUT2D eigenvalue weighted by Gasteiger charge is 2.12. The average Bonchev–Trinajstić information content (AvgIpc) is 2.95. The third-order valence-electron chi connectivity index (χ3n) is 2.82. The zero-order valence-electron chi connectivity index (χ0n) is 10.3. The van der Waals surface area contributed by atoms with Crippen LogP contribution in [0.3, 0.4) is 0 Å². The molecule has 3 rings (SSSR count). The molecule has 98 valence electrons. The quantitative estimate of drug-likeness (QED) is 0.800. The molecule has 0 aliphatic rings. The number of nitrogen functional groups attached to an aromatic ring is 1. The van der Waals surface area contributed by atoms with Crippen LogP contribution in [0.2, 0.25) is 0 Å². The van der Waals surface area contributed by atoms with Crippen LogP contribution in [0.25, 0.3) is 11.2 Å². The minimum atomic E-state index is 0.400. The number of imidazole rings is 1. The number of hydrogen-bond donors (Lipinski definition) is 1. The lowest BCUT2D eigenvalue weighted by molar-refractivity contribution is 0.449. The zero-order valence-corrected chi connectivity index (χ0v) is 11.9. The molecule has 19 heavy (non-hydrogen) atoms. The minimum Gasteiger partial charge on any atom is -0.444 e. The number of aryl methyl sites for hydroxylation is 1. The van der Waals surface area contributed by atoms with E-state index in [9.17, 15) is 0 Å². The van der Waals surface area contributed by atoms with E-state index >= 15 is 0 Å². The van der Waals surface area contributed by atoms with Crippen molar-refractivity contribution in [1.82, 2.24) is 19.5 Å². The number of nitrogens with zero attached hydrogens (tertiary/aromatic N) is 4. The Labute approximate surface area is 117 Å². The molecule has 3 aromatic heterocycles. The smallest absolute Gasteiger partial charge is 0.214 e. The molecular weight excluding hydrogens is 310 g/mol. The van der Waals surface area contributed by atoms with Gasteiger partial charge in [0.15, 0.2) is 5.65 Å². The lowest BCUT2D eigenvalue weighted by Gasteiger charge is -2.02. The Morgan fingerprint density at radius 3 is 2.95 bits per heavy atom. The fraction of sp³-hybridized carbons (Fsp3) is 0.250. The van der Waals surface area contributed by atoms with Crippen molar-refractivity contribution < 1.29 is 4.42 Å². The molecule has 7 heteroatoms. The van der Waals surface area contributed by atoms with Crippen molar-refractivity contribution in [2.24, 2.45) is 0 Å². The van der Waals surface area contributed by atoms with Crippen molar-refractivity contribution in [2.45, 2.75) is 19.9 Å². The van der Waals surface area contributed by atoms with Crippen LogP contribution in [0.15, 0.2) is 27.3 Å². The highest BCUT2D eigenvalue weighted by atomic mass is 79.9. The summed E-state index contributed by atoms with van der Waals surface area (Å²) < 4.78 is 8.24. The topological polar surface area (TPSA) is 82.8 Å². The van der Waals surface area contributed by atoms with E-state index in [0.29, 0.717) is 18.4 Å². The number of oxazole rings is 1. The summed E-state index contributed by atoms with van der Waals surface area (Å²) in [6, 6.07) is 1.88. The Kier molecular flexibility index (Phi) is 2.98. The summed E-state index contributed by atoms with van der Waals surface area (Å²) in [7, 11) is 0. The normalized spacial score (nSPS) is 11.3. The van der Waals surface area contributed by atoms with Gasteiger partial charge in [-0.05, 0) is 22.0 Å². The predicted molar refractivity (Wildman–Crippen MR) is 74.6 cm³/mol. The highest BCUT2D eigenvalue weighted by Crippen LogP contribution is 2.20. The first-order chi connectivity index (χ1) is 9.17. The summed E-state index contributed by atoms with van der Waals surface area (Å²) in [5.41, 5.74) is 7.38. The van der Waals surface area contributed by atoms with E-state index in [0.717, 1.165) is 27.8 Å². The van der Waals surface area contributed by atoms with E-state index in [1.54, 1.807) is 17.0 Å². The summed E-state index contributed by atoms with van der Waals surface area (Å²) in [4.78, 5) is 12.8. The summed E-state index contributed by atoms with van der Waals surface area (Å²) in [6.07, 6.45) is 4.26. The Morgan fingerprint density at radius 2 is 2.21 bits per heavy atom. The van der Waals surface area contributed by atoms with E-state index in [2.05, 4.69) is 30.9 Å². The fourth-order valence-electron chi connectivity index (χ4n) is 1.88. The first kappa shape index (κ1) is 12.2. The van der Waals surface area contributed by atoms with E-state index in [-0.39, 0.29) is 0 Å². The van der Waals surface area contributed by atoms with Gasteiger partial charge in [-0.2, -0.15) is 0 Å². The van der Waals surface area contributed by atoms with Crippen molar-refractivity contribution in [3.8, 4) is 0 Å². The molecule has 0 unspecified atom stereocenters. The molecule has 0 saturated carbocycles. The maximum atomic E-state index is 5.92. The summed E-state index contributed by atoms with van der Waals surface area (Å²) in [6.45, 7) is 2.45. The third kappa shape index (κ3) is 2.21. The Bertz CT molecular complexity index is 733. The molecule has 0 bridgehead atoms. The molecule has 0 saturated heterocycles. The largest absolute Gasteiger partial charge is 0.444 e. The first-order valence-electron chi connectivity index (χ1n) is 5.88. The average molecular weight is 322 g/mol. The minimum absolute atomic E-state index is 0.400. The van der Waals surface area contributed by atoms with Gasteiger partial charge in [-0.1, -0.05) is 6.92 Å². The van der Waals surface area contributed by atoms with Crippen molar-refractivity contribution in [2.75, 3.05) is 5.73 Å². The number of aromatic nitrogens is 4. The number of rotatable bonds is 3. The maximum Gasteiger partial charge on any atom is 0.214 e. The van der Waals surface area contributed by atoms with Gasteiger partial charge < -0.3 is 10.2 Å². The molecule has 0 radical (unpaired) electrons. The van der Waals surface area contributed by atoms with Crippen molar-refractivity contribution in [3.63, 3.8) is 0 Å². The number of hydrogen-bond acceptors (Lipinski definition) is 5. The first-order valence-corrected chi connectivity index (χ1v) is 6.67. The molecule has 0 atom stereocenters. The molecule has 0 aromatic carbocycles. The second-order valence-corrected chi connectivity index (χ2v) is 5.04. The molecule has 0 fully saturated rings. The van der Waals surface area contributed by atoms with Gasteiger partial charge in [0.2, 0.25) is 11.8 Å². The van der Waals surface area contributed by atoms with Crippen LogP contribution < -0.4 is 5.73 Å². The number of halogens is 1. The molecule has 3 aromatic rings. The van der Waals surface area contributed by atoms with Crippen molar-refractivity contribution >= 4 is 33.0 Å². The predicted octanol–water partition coefficient (Wildman–Crippen LogP) is 2.37.